The molecule has 1 aliphatic carbocycles. The molecule has 0 atom stereocenters. The normalized spacial score (nSPS) is 16.5. The third-order valence-corrected chi connectivity index (χ3v) is 2.72. The zero-order valence-corrected chi connectivity index (χ0v) is 8.06. The second-order valence-corrected chi connectivity index (χ2v) is 3.68. The summed E-state index contributed by atoms with van der Waals surface area (Å²) < 4.78 is 4.14. The Hall–Kier alpha value is -1.76. The van der Waals surface area contributed by atoms with Crippen LogP contribution < -0.4 is 0 Å². The minimum Gasteiger partial charge on any atom is -0.540 e. The Balaban J connectivity index is 2.36. The molecule has 1 aromatic carbocycles. The molecule has 0 saturated heterocycles. The topological polar surface area (TPSA) is 50.1 Å². The van der Waals surface area contributed by atoms with E-state index in [-0.39, 0.29) is 5.41 Å². The van der Waals surface area contributed by atoms with Gasteiger partial charge in [0.15, 0.2) is 0 Å². The van der Waals surface area contributed by atoms with E-state index in [9.17, 15) is 4.79 Å². The lowest BCUT2D eigenvalue weighted by atomic mass is 9.96. The van der Waals surface area contributed by atoms with Crippen LogP contribution in [-0.4, -0.2) is 14.0 Å². The van der Waals surface area contributed by atoms with E-state index in [1.807, 2.05) is 6.07 Å². The number of nitriles is 1. The minimum atomic E-state index is -0.578. The first-order valence-electron chi connectivity index (χ1n) is 4.65. The first-order valence-corrected chi connectivity index (χ1v) is 4.65. The third-order valence-electron chi connectivity index (χ3n) is 2.72. The van der Waals surface area contributed by atoms with Crippen molar-refractivity contribution < 1.29 is 9.45 Å². The molecule has 1 saturated carbocycles. The van der Waals surface area contributed by atoms with Crippen LogP contribution in [0.3, 0.4) is 0 Å². The molecular formula is C11H8BNO2. The van der Waals surface area contributed by atoms with E-state index in [0.29, 0.717) is 5.56 Å². The van der Waals surface area contributed by atoms with E-state index in [2.05, 4.69) is 10.7 Å². The molecule has 0 N–H and O–H groups in total. The largest absolute Gasteiger partial charge is 0.540 e. The summed E-state index contributed by atoms with van der Waals surface area (Å²) in [5.41, 5.74) is 0.870. The second-order valence-electron chi connectivity index (χ2n) is 3.68. The smallest absolute Gasteiger partial charge is 0.378 e. The average molecular weight is 197 g/mol. The summed E-state index contributed by atoms with van der Waals surface area (Å²) in [6.45, 7) is 0. The molecule has 0 aromatic heterocycles. The molecule has 2 rings (SSSR count). The SMILES string of the molecule is [B]OC(=O)c1cccc(C2(C#N)CC2)c1. The molecule has 1 aliphatic rings. The lowest BCUT2D eigenvalue weighted by molar-refractivity contribution is 0.0749. The van der Waals surface area contributed by atoms with Crippen molar-refractivity contribution in [3.05, 3.63) is 35.4 Å². The van der Waals surface area contributed by atoms with Crippen LogP contribution in [0.2, 0.25) is 0 Å². The average Bonchev–Trinajstić information content (AvgIpc) is 3.09. The molecule has 72 valence electrons. The highest BCUT2D eigenvalue weighted by atomic mass is 16.5. The Bertz CT molecular complexity index is 446. The van der Waals surface area contributed by atoms with E-state index >= 15 is 0 Å². The number of hydrogen-bond donors (Lipinski definition) is 0. The van der Waals surface area contributed by atoms with Gasteiger partial charge < -0.3 is 4.65 Å². The standard InChI is InChI=1S/C11H8BNO2/c12-15-10(14)8-2-1-3-9(6-8)11(7-13)4-5-11/h1-3,6H,4-5H2. The molecule has 0 aliphatic heterocycles. The van der Waals surface area contributed by atoms with Crippen LogP contribution in [0.25, 0.3) is 0 Å². The van der Waals surface area contributed by atoms with Crippen LogP contribution in [0.5, 0.6) is 0 Å². The van der Waals surface area contributed by atoms with Gasteiger partial charge in [0.2, 0.25) is 0 Å². The van der Waals surface area contributed by atoms with Gasteiger partial charge in [0.1, 0.15) is 0 Å². The fourth-order valence-electron chi connectivity index (χ4n) is 1.60. The zero-order chi connectivity index (χ0) is 10.9. The van der Waals surface area contributed by atoms with Crippen molar-refractivity contribution in [3.8, 4) is 6.07 Å². The molecule has 2 radical (unpaired) electrons. The highest BCUT2D eigenvalue weighted by molar-refractivity contribution is 6.09. The van der Waals surface area contributed by atoms with Crippen molar-refractivity contribution in [2.45, 2.75) is 18.3 Å². The van der Waals surface area contributed by atoms with Crippen molar-refractivity contribution in [1.82, 2.24) is 0 Å². The van der Waals surface area contributed by atoms with Gasteiger partial charge in [-0.25, -0.2) is 4.79 Å². The lowest BCUT2D eigenvalue weighted by Crippen LogP contribution is -2.07. The van der Waals surface area contributed by atoms with Crippen LogP contribution in [0.15, 0.2) is 24.3 Å². The molecule has 0 unspecified atom stereocenters. The van der Waals surface area contributed by atoms with Crippen LogP contribution in [0.1, 0.15) is 28.8 Å². The summed E-state index contributed by atoms with van der Waals surface area (Å²) >= 11 is 0. The van der Waals surface area contributed by atoms with E-state index in [4.69, 9.17) is 13.3 Å². The first kappa shape index (κ1) is 9.79. The Kier molecular flexibility index (Phi) is 2.24. The summed E-state index contributed by atoms with van der Waals surface area (Å²) in [5.74, 6) is -0.578. The highest BCUT2D eigenvalue weighted by Crippen LogP contribution is 2.47. The number of benzene rings is 1. The maximum Gasteiger partial charge on any atom is 0.378 e. The molecule has 1 fully saturated rings. The molecule has 0 spiro atoms. The quantitative estimate of drug-likeness (QED) is 0.674. The van der Waals surface area contributed by atoms with Gasteiger partial charge in [-0.3, -0.25) is 0 Å². The predicted octanol–water partition coefficient (Wildman–Crippen LogP) is 1.48. The van der Waals surface area contributed by atoms with Crippen molar-refractivity contribution in [3.63, 3.8) is 0 Å². The number of rotatable bonds is 2. The summed E-state index contributed by atoms with van der Waals surface area (Å²) in [6, 6.07) is 9.14. The van der Waals surface area contributed by atoms with E-state index in [1.54, 1.807) is 18.2 Å². The molecule has 15 heavy (non-hydrogen) atoms. The van der Waals surface area contributed by atoms with Crippen LogP contribution in [0.4, 0.5) is 0 Å². The van der Waals surface area contributed by atoms with Crippen molar-refractivity contribution >= 4 is 14.0 Å². The van der Waals surface area contributed by atoms with Crippen LogP contribution in [0, 0.1) is 11.3 Å². The highest BCUT2D eigenvalue weighted by Gasteiger charge is 2.44. The van der Waals surface area contributed by atoms with E-state index in [1.165, 1.54) is 0 Å². The number of carbonyl (C=O) groups is 1. The predicted molar refractivity (Wildman–Crippen MR) is 54.1 cm³/mol. The van der Waals surface area contributed by atoms with Gasteiger partial charge in [-0.15, -0.1) is 0 Å². The Morgan fingerprint density at radius 3 is 2.80 bits per heavy atom. The third kappa shape index (κ3) is 1.61. The Morgan fingerprint density at radius 1 is 1.53 bits per heavy atom. The number of nitrogens with zero attached hydrogens (tertiary/aromatic N) is 1. The van der Waals surface area contributed by atoms with Gasteiger partial charge >= 0.3 is 14.0 Å². The second kappa shape index (κ2) is 3.43. The summed E-state index contributed by atoms with van der Waals surface area (Å²) in [5, 5.41) is 9.01. The molecule has 3 nitrogen and oxygen atoms in total. The summed E-state index contributed by atoms with van der Waals surface area (Å²) in [4.78, 5) is 11.2. The Morgan fingerprint density at radius 2 is 2.27 bits per heavy atom. The summed E-state index contributed by atoms with van der Waals surface area (Å²) in [7, 11) is 4.80. The van der Waals surface area contributed by atoms with Gasteiger partial charge in [-0.1, -0.05) is 12.1 Å². The molecule has 0 heterocycles. The zero-order valence-electron chi connectivity index (χ0n) is 8.06. The van der Waals surface area contributed by atoms with Crippen molar-refractivity contribution in [2.75, 3.05) is 0 Å². The maximum absolute atomic E-state index is 11.2. The monoisotopic (exact) mass is 197 g/mol. The fraction of sp³-hybridized carbons (Fsp3) is 0.273. The first-order chi connectivity index (χ1) is 7.22. The van der Waals surface area contributed by atoms with Crippen molar-refractivity contribution in [1.29, 1.82) is 5.26 Å². The molecule has 4 heteroatoms. The molecule has 1 aromatic rings. The fourth-order valence-corrected chi connectivity index (χ4v) is 1.60. The Labute approximate surface area is 89.1 Å². The van der Waals surface area contributed by atoms with Gasteiger partial charge in [0.25, 0.3) is 0 Å². The van der Waals surface area contributed by atoms with Gasteiger partial charge in [0.05, 0.1) is 17.0 Å². The van der Waals surface area contributed by atoms with Crippen LogP contribution in [-0.2, 0) is 10.1 Å². The molecule has 0 bridgehead atoms. The minimum absolute atomic E-state index is 0.384. The van der Waals surface area contributed by atoms with Crippen LogP contribution >= 0.6 is 0 Å². The van der Waals surface area contributed by atoms with Gasteiger partial charge in [-0.05, 0) is 30.5 Å². The maximum atomic E-state index is 11.2. The van der Waals surface area contributed by atoms with E-state index < -0.39 is 5.97 Å². The lowest BCUT2D eigenvalue weighted by Gasteiger charge is -2.07. The van der Waals surface area contributed by atoms with E-state index in [0.717, 1.165) is 18.4 Å². The summed E-state index contributed by atoms with van der Waals surface area (Å²) in [6.07, 6.45) is 1.70. The molecule has 0 amide bonds. The molecular weight excluding hydrogens is 189 g/mol. The number of hydrogen-bond acceptors (Lipinski definition) is 3. The number of carbonyl (C=O) groups excluding carboxylic acids is 1. The van der Waals surface area contributed by atoms with Gasteiger partial charge in [0, 0.05) is 0 Å². The van der Waals surface area contributed by atoms with Gasteiger partial charge in [-0.2, -0.15) is 5.26 Å². The van der Waals surface area contributed by atoms with Crippen molar-refractivity contribution in [2.24, 2.45) is 0 Å².